The standard InChI is InChI=1S/C21H28FN3O2/c22-17-12-19(25(14-17)21(27)23-18-8-2-1-3-9-18)20(26)24-11-10-15-6-4-5-7-16(15)13-24/h4-7,17-19H,1-3,8-14H2,(H,23,27)/t17-,19-/m0/s1. The van der Waals surface area contributed by atoms with Gasteiger partial charge in [-0.25, -0.2) is 9.18 Å². The normalized spacial score (nSPS) is 26.0. The number of alkyl halides is 1. The van der Waals surface area contributed by atoms with Crippen LogP contribution in [0, 0.1) is 0 Å². The Morgan fingerprint density at radius 3 is 2.59 bits per heavy atom. The van der Waals surface area contributed by atoms with Crippen LogP contribution in [0.15, 0.2) is 24.3 Å². The number of nitrogens with zero attached hydrogens (tertiary/aromatic N) is 2. The average Bonchev–Trinajstić information content (AvgIpc) is 3.09. The van der Waals surface area contributed by atoms with E-state index in [4.69, 9.17) is 0 Å². The predicted octanol–water partition coefficient (Wildman–Crippen LogP) is 3.03. The van der Waals surface area contributed by atoms with Gasteiger partial charge in [-0.1, -0.05) is 43.5 Å². The van der Waals surface area contributed by atoms with E-state index in [0.717, 1.165) is 37.7 Å². The van der Waals surface area contributed by atoms with Gasteiger partial charge in [0.2, 0.25) is 5.91 Å². The van der Waals surface area contributed by atoms with Crippen LogP contribution in [0.3, 0.4) is 0 Å². The molecule has 6 heteroatoms. The van der Waals surface area contributed by atoms with Gasteiger partial charge in [0.1, 0.15) is 12.2 Å². The fourth-order valence-corrected chi connectivity index (χ4v) is 4.64. The Labute approximate surface area is 159 Å². The van der Waals surface area contributed by atoms with Crippen molar-refractivity contribution in [2.24, 2.45) is 0 Å². The number of carbonyl (C=O) groups is 2. The summed E-state index contributed by atoms with van der Waals surface area (Å²) in [5.41, 5.74) is 2.41. The number of hydrogen-bond acceptors (Lipinski definition) is 2. The molecule has 5 nitrogen and oxygen atoms in total. The number of halogens is 1. The lowest BCUT2D eigenvalue weighted by Gasteiger charge is -2.34. The molecule has 1 saturated heterocycles. The maximum atomic E-state index is 14.1. The number of amides is 3. The third-order valence-corrected chi connectivity index (χ3v) is 6.17. The minimum Gasteiger partial charge on any atom is -0.336 e. The van der Waals surface area contributed by atoms with Crippen LogP contribution in [0.4, 0.5) is 9.18 Å². The molecular weight excluding hydrogens is 345 g/mol. The van der Waals surface area contributed by atoms with Gasteiger partial charge in [-0.3, -0.25) is 4.79 Å². The molecule has 2 heterocycles. The number of fused-ring (bicyclic) bond motifs is 1. The van der Waals surface area contributed by atoms with E-state index in [2.05, 4.69) is 11.4 Å². The predicted molar refractivity (Wildman–Crippen MR) is 101 cm³/mol. The fourth-order valence-electron chi connectivity index (χ4n) is 4.64. The molecule has 1 N–H and O–H groups in total. The Kier molecular flexibility index (Phi) is 5.32. The zero-order chi connectivity index (χ0) is 18.8. The summed E-state index contributed by atoms with van der Waals surface area (Å²) in [6.45, 7) is 1.18. The molecule has 4 rings (SSSR count). The Hall–Kier alpha value is -2.11. The molecule has 1 aliphatic carbocycles. The number of carbonyl (C=O) groups excluding carboxylic acids is 2. The van der Waals surface area contributed by atoms with Crippen molar-refractivity contribution in [3.05, 3.63) is 35.4 Å². The molecule has 3 amide bonds. The first kappa shape index (κ1) is 18.3. The fraction of sp³-hybridized carbons (Fsp3) is 0.619. The lowest BCUT2D eigenvalue weighted by Crippen LogP contribution is -2.53. The molecule has 0 radical (unpaired) electrons. The van der Waals surface area contributed by atoms with Crippen molar-refractivity contribution in [3.8, 4) is 0 Å². The summed E-state index contributed by atoms with van der Waals surface area (Å²) in [6, 6.07) is 7.31. The minimum absolute atomic E-state index is 0.0133. The highest BCUT2D eigenvalue weighted by molar-refractivity contribution is 5.88. The van der Waals surface area contributed by atoms with E-state index in [9.17, 15) is 14.0 Å². The van der Waals surface area contributed by atoms with Crippen LogP contribution in [0.1, 0.15) is 49.7 Å². The van der Waals surface area contributed by atoms with Crippen molar-refractivity contribution in [2.75, 3.05) is 13.1 Å². The summed E-state index contributed by atoms with van der Waals surface area (Å²) in [5, 5.41) is 3.03. The zero-order valence-corrected chi connectivity index (χ0v) is 15.7. The average molecular weight is 373 g/mol. The van der Waals surface area contributed by atoms with E-state index in [-0.39, 0.29) is 30.9 Å². The monoisotopic (exact) mass is 373 g/mol. The van der Waals surface area contributed by atoms with Gasteiger partial charge in [0.05, 0.1) is 6.54 Å². The summed E-state index contributed by atoms with van der Waals surface area (Å²) in [4.78, 5) is 29.0. The van der Waals surface area contributed by atoms with Crippen molar-refractivity contribution in [3.63, 3.8) is 0 Å². The van der Waals surface area contributed by atoms with E-state index in [0.29, 0.717) is 13.1 Å². The molecule has 0 spiro atoms. The van der Waals surface area contributed by atoms with Crippen LogP contribution in [0.5, 0.6) is 0 Å². The second-order valence-electron chi connectivity index (χ2n) is 8.06. The zero-order valence-electron chi connectivity index (χ0n) is 15.7. The van der Waals surface area contributed by atoms with Crippen molar-refractivity contribution < 1.29 is 14.0 Å². The van der Waals surface area contributed by atoms with Crippen LogP contribution >= 0.6 is 0 Å². The first-order chi connectivity index (χ1) is 13.1. The maximum Gasteiger partial charge on any atom is 0.318 e. The highest BCUT2D eigenvalue weighted by Crippen LogP contribution is 2.26. The molecular formula is C21H28FN3O2. The van der Waals surface area contributed by atoms with Crippen molar-refractivity contribution in [2.45, 2.75) is 69.7 Å². The Bertz CT molecular complexity index is 704. The van der Waals surface area contributed by atoms with Gasteiger partial charge < -0.3 is 15.1 Å². The highest BCUT2D eigenvalue weighted by Gasteiger charge is 2.42. The summed E-state index contributed by atoms with van der Waals surface area (Å²) >= 11 is 0. The molecule has 3 aliphatic rings. The number of likely N-dealkylation sites (tertiary alicyclic amines) is 1. The Morgan fingerprint density at radius 2 is 1.81 bits per heavy atom. The topological polar surface area (TPSA) is 52.7 Å². The lowest BCUT2D eigenvalue weighted by molar-refractivity contribution is -0.136. The molecule has 0 bridgehead atoms. The molecule has 2 fully saturated rings. The largest absolute Gasteiger partial charge is 0.336 e. The molecule has 1 saturated carbocycles. The van der Waals surface area contributed by atoms with Crippen molar-refractivity contribution >= 4 is 11.9 Å². The lowest BCUT2D eigenvalue weighted by atomic mass is 9.96. The van der Waals surface area contributed by atoms with E-state index < -0.39 is 12.2 Å². The first-order valence-corrected chi connectivity index (χ1v) is 10.2. The van der Waals surface area contributed by atoms with E-state index in [1.807, 2.05) is 18.2 Å². The van der Waals surface area contributed by atoms with Crippen molar-refractivity contribution in [1.29, 1.82) is 0 Å². The molecule has 0 aromatic heterocycles. The number of rotatable bonds is 2. The molecule has 1 aromatic rings. The maximum absolute atomic E-state index is 14.1. The molecule has 27 heavy (non-hydrogen) atoms. The third kappa shape index (κ3) is 3.94. The summed E-state index contributed by atoms with van der Waals surface area (Å²) in [6.07, 6.45) is 5.17. The summed E-state index contributed by atoms with van der Waals surface area (Å²) in [5.74, 6) is -0.122. The quantitative estimate of drug-likeness (QED) is 0.866. The first-order valence-electron chi connectivity index (χ1n) is 10.2. The van der Waals surface area contributed by atoms with Gasteiger partial charge in [-0.05, 0) is 30.4 Å². The van der Waals surface area contributed by atoms with Gasteiger partial charge in [0.15, 0.2) is 0 Å². The molecule has 146 valence electrons. The number of benzene rings is 1. The summed E-state index contributed by atoms with van der Waals surface area (Å²) < 4.78 is 14.1. The number of nitrogens with one attached hydrogen (secondary N) is 1. The minimum atomic E-state index is -1.13. The summed E-state index contributed by atoms with van der Waals surface area (Å²) in [7, 11) is 0. The molecule has 2 aliphatic heterocycles. The number of hydrogen-bond donors (Lipinski definition) is 1. The highest BCUT2D eigenvalue weighted by atomic mass is 19.1. The van der Waals surface area contributed by atoms with Crippen LogP contribution in [0.25, 0.3) is 0 Å². The molecule has 2 atom stereocenters. The Balaban J connectivity index is 1.43. The van der Waals surface area contributed by atoms with Crippen LogP contribution in [-0.4, -0.2) is 53.1 Å². The smallest absolute Gasteiger partial charge is 0.318 e. The van der Waals surface area contributed by atoms with Crippen LogP contribution < -0.4 is 5.32 Å². The van der Waals surface area contributed by atoms with Gasteiger partial charge >= 0.3 is 6.03 Å². The second kappa shape index (κ2) is 7.87. The van der Waals surface area contributed by atoms with E-state index in [1.54, 1.807) is 4.90 Å². The van der Waals surface area contributed by atoms with Crippen LogP contribution in [-0.2, 0) is 17.8 Å². The SMILES string of the molecule is O=C([C@@H]1C[C@H](F)CN1C(=O)NC1CCCCC1)N1CCc2ccccc2C1. The molecule has 0 unspecified atom stereocenters. The van der Waals surface area contributed by atoms with Crippen LogP contribution in [0.2, 0.25) is 0 Å². The van der Waals surface area contributed by atoms with Gasteiger partial charge in [-0.2, -0.15) is 0 Å². The van der Waals surface area contributed by atoms with Gasteiger partial charge in [0, 0.05) is 25.6 Å². The second-order valence-corrected chi connectivity index (χ2v) is 8.06. The molecule has 1 aromatic carbocycles. The number of urea groups is 1. The van der Waals surface area contributed by atoms with E-state index in [1.165, 1.54) is 16.9 Å². The van der Waals surface area contributed by atoms with Gasteiger partial charge in [-0.15, -0.1) is 0 Å². The Morgan fingerprint density at radius 1 is 1.07 bits per heavy atom. The van der Waals surface area contributed by atoms with E-state index >= 15 is 0 Å². The van der Waals surface area contributed by atoms with Gasteiger partial charge in [0.25, 0.3) is 0 Å². The van der Waals surface area contributed by atoms with Crippen molar-refractivity contribution in [1.82, 2.24) is 15.1 Å². The third-order valence-electron chi connectivity index (χ3n) is 6.17.